The third-order valence-electron chi connectivity index (χ3n) is 3.55. The van der Waals surface area contributed by atoms with Gasteiger partial charge in [0.25, 0.3) is 0 Å². The van der Waals surface area contributed by atoms with Gasteiger partial charge in [0.05, 0.1) is 5.02 Å². The number of hydrogen-bond donors (Lipinski definition) is 1. The van der Waals surface area contributed by atoms with Gasteiger partial charge in [-0.3, -0.25) is 0 Å². The van der Waals surface area contributed by atoms with E-state index in [9.17, 15) is 4.39 Å². The third kappa shape index (κ3) is 4.83. The lowest BCUT2D eigenvalue weighted by Gasteiger charge is -2.18. The molecule has 1 unspecified atom stereocenters. The molecule has 1 nitrogen and oxygen atoms in total. The van der Waals surface area contributed by atoms with Crippen molar-refractivity contribution in [3.8, 4) is 0 Å². The van der Waals surface area contributed by atoms with Gasteiger partial charge in [-0.1, -0.05) is 54.9 Å². The molecule has 2 aromatic rings. The van der Waals surface area contributed by atoms with E-state index in [1.54, 1.807) is 6.07 Å². The monoisotopic (exact) mass is 305 g/mol. The molecule has 0 bridgehead atoms. The van der Waals surface area contributed by atoms with Crippen LogP contribution in [-0.2, 0) is 6.42 Å². The molecule has 0 spiro atoms. The lowest BCUT2D eigenvalue weighted by Crippen LogP contribution is -2.23. The summed E-state index contributed by atoms with van der Waals surface area (Å²) in [6.45, 7) is 4.07. The van der Waals surface area contributed by atoms with E-state index in [0.717, 1.165) is 31.5 Å². The van der Waals surface area contributed by atoms with Crippen LogP contribution in [0.3, 0.4) is 0 Å². The Morgan fingerprint density at radius 1 is 1.14 bits per heavy atom. The van der Waals surface area contributed by atoms with Crippen molar-refractivity contribution in [3.05, 3.63) is 70.5 Å². The molecule has 0 fully saturated rings. The van der Waals surface area contributed by atoms with Crippen LogP contribution < -0.4 is 5.32 Å². The van der Waals surface area contributed by atoms with Crippen LogP contribution in [0.5, 0.6) is 0 Å². The summed E-state index contributed by atoms with van der Waals surface area (Å²) in [5.41, 5.74) is 2.36. The standard InChI is InChI=1S/C18H21ClFN/c1-2-10-21-13-16(15-6-4-3-5-7-15)11-14-8-9-18(20)17(19)12-14/h3-9,12,16,21H,2,10-11,13H2,1H3. The Morgan fingerprint density at radius 3 is 2.57 bits per heavy atom. The van der Waals surface area contributed by atoms with Crippen LogP contribution in [0.1, 0.15) is 30.4 Å². The van der Waals surface area contributed by atoms with Gasteiger partial charge in [0.2, 0.25) is 0 Å². The van der Waals surface area contributed by atoms with Gasteiger partial charge in [-0.2, -0.15) is 0 Å². The molecule has 1 atom stereocenters. The van der Waals surface area contributed by atoms with E-state index >= 15 is 0 Å². The molecule has 1 N–H and O–H groups in total. The van der Waals surface area contributed by atoms with Gasteiger partial charge >= 0.3 is 0 Å². The van der Waals surface area contributed by atoms with E-state index in [1.165, 1.54) is 11.6 Å². The number of hydrogen-bond acceptors (Lipinski definition) is 1. The maximum absolute atomic E-state index is 13.3. The van der Waals surface area contributed by atoms with Gasteiger partial charge in [0.15, 0.2) is 0 Å². The highest BCUT2D eigenvalue weighted by Crippen LogP contribution is 2.23. The van der Waals surface area contributed by atoms with Crippen LogP contribution in [0.15, 0.2) is 48.5 Å². The van der Waals surface area contributed by atoms with Crippen molar-refractivity contribution in [3.63, 3.8) is 0 Å². The second-order valence-corrected chi connectivity index (χ2v) is 5.67. The van der Waals surface area contributed by atoms with E-state index in [4.69, 9.17) is 11.6 Å². The molecule has 0 radical (unpaired) electrons. The summed E-state index contributed by atoms with van der Waals surface area (Å²) in [7, 11) is 0. The molecule has 0 heterocycles. The first kappa shape index (κ1) is 16.0. The Labute approximate surface area is 131 Å². The summed E-state index contributed by atoms with van der Waals surface area (Å²) in [4.78, 5) is 0. The second-order valence-electron chi connectivity index (χ2n) is 5.26. The fraction of sp³-hybridized carbons (Fsp3) is 0.333. The van der Waals surface area contributed by atoms with Gasteiger partial charge in [-0.05, 0) is 42.6 Å². The van der Waals surface area contributed by atoms with Crippen molar-refractivity contribution >= 4 is 11.6 Å². The molecule has 2 aromatic carbocycles. The maximum Gasteiger partial charge on any atom is 0.141 e. The zero-order chi connectivity index (χ0) is 15.1. The van der Waals surface area contributed by atoms with E-state index in [2.05, 4.69) is 36.5 Å². The van der Waals surface area contributed by atoms with Crippen molar-refractivity contribution in [2.45, 2.75) is 25.7 Å². The minimum absolute atomic E-state index is 0.195. The minimum atomic E-state index is -0.360. The Kier molecular flexibility index (Phi) is 6.21. The fourth-order valence-electron chi connectivity index (χ4n) is 2.44. The zero-order valence-corrected chi connectivity index (χ0v) is 13.0. The molecule has 0 saturated carbocycles. The zero-order valence-electron chi connectivity index (χ0n) is 12.3. The summed E-state index contributed by atoms with van der Waals surface area (Å²) in [5, 5.41) is 3.67. The fourth-order valence-corrected chi connectivity index (χ4v) is 2.64. The molecule has 0 saturated heterocycles. The highest BCUT2D eigenvalue weighted by Gasteiger charge is 2.13. The summed E-state index contributed by atoms with van der Waals surface area (Å²) in [6.07, 6.45) is 1.96. The van der Waals surface area contributed by atoms with Crippen LogP contribution in [0.2, 0.25) is 5.02 Å². The van der Waals surface area contributed by atoms with E-state index in [1.807, 2.05) is 12.1 Å². The van der Waals surface area contributed by atoms with Crippen molar-refractivity contribution in [2.75, 3.05) is 13.1 Å². The molecule has 0 aromatic heterocycles. The molecule has 0 aliphatic rings. The number of halogens is 2. The Morgan fingerprint density at radius 2 is 1.90 bits per heavy atom. The first-order chi connectivity index (χ1) is 10.2. The number of rotatable bonds is 7. The quantitative estimate of drug-likeness (QED) is 0.724. The molecule has 0 amide bonds. The largest absolute Gasteiger partial charge is 0.316 e. The van der Waals surface area contributed by atoms with E-state index in [-0.39, 0.29) is 10.8 Å². The van der Waals surface area contributed by atoms with Gasteiger partial charge < -0.3 is 5.32 Å². The lowest BCUT2D eigenvalue weighted by atomic mass is 9.92. The second kappa shape index (κ2) is 8.16. The average molecular weight is 306 g/mol. The van der Waals surface area contributed by atoms with Crippen molar-refractivity contribution in [1.29, 1.82) is 0 Å². The van der Waals surface area contributed by atoms with Crippen LogP contribution in [0, 0.1) is 5.82 Å². The first-order valence-electron chi connectivity index (χ1n) is 7.40. The Bertz CT molecular complexity index is 556. The van der Waals surface area contributed by atoms with Gasteiger partial charge in [-0.25, -0.2) is 4.39 Å². The highest BCUT2D eigenvalue weighted by molar-refractivity contribution is 6.30. The lowest BCUT2D eigenvalue weighted by molar-refractivity contribution is 0.575. The Balaban J connectivity index is 2.13. The van der Waals surface area contributed by atoms with Crippen molar-refractivity contribution in [1.82, 2.24) is 5.32 Å². The maximum atomic E-state index is 13.3. The predicted molar refractivity (Wildman–Crippen MR) is 87.5 cm³/mol. The van der Waals surface area contributed by atoms with Gasteiger partial charge in [-0.15, -0.1) is 0 Å². The number of benzene rings is 2. The summed E-state index contributed by atoms with van der Waals surface area (Å²) >= 11 is 5.88. The normalized spacial score (nSPS) is 12.3. The summed E-state index contributed by atoms with van der Waals surface area (Å²) in [5.74, 6) is 0.0000589. The van der Waals surface area contributed by atoms with Crippen LogP contribution >= 0.6 is 11.6 Å². The topological polar surface area (TPSA) is 12.0 Å². The molecule has 21 heavy (non-hydrogen) atoms. The average Bonchev–Trinajstić information content (AvgIpc) is 2.51. The van der Waals surface area contributed by atoms with E-state index in [0.29, 0.717) is 5.92 Å². The van der Waals surface area contributed by atoms with Crippen molar-refractivity contribution in [2.24, 2.45) is 0 Å². The molecule has 0 aliphatic heterocycles. The number of nitrogens with one attached hydrogen (secondary N) is 1. The Hall–Kier alpha value is -1.38. The van der Waals surface area contributed by atoms with Gasteiger partial charge in [0, 0.05) is 12.5 Å². The molecule has 112 valence electrons. The molecular formula is C18H21ClFN. The molecule has 2 rings (SSSR count). The SMILES string of the molecule is CCCNCC(Cc1ccc(F)c(Cl)c1)c1ccccc1. The molecule has 0 aliphatic carbocycles. The van der Waals surface area contributed by atoms with E-state index < -0.39 is 0 Å². The van der Waals surface area contributed by atoms with Crippen molar-refractivity contribution < 1.29 is 4.39 Å². The van der Waals surface area contributed by atoms with Gasteiger partial charge in [0.1, 0.15) is 5.82 Å². The first-order valence-corrected chi connectivity index (χ1v) is 7.78. The summed E-state index contributed by atoms with van der Waals surface area (Å²) in [6, 6.07) is 15.4. The molecular weight excluding hydrogens is 285 g/mol. The smallest absolute Gasteiger partial charge is 0.141 e. The van der Waals surface area contributed by atoms with Crippen LogP contribution in [-0.4, -0.2) is 13.1 Å². The summed E-state index contributed by atoms with van der Waals surface area (Å²) < 4.78 is 13.3. The van der Waals surface area contributed by atoms with Crippen LogP contribution in [0.25, 0.3) is 0 Å². The third-order valence-corrected chi connectivity index (χ3v) is 3.84. The minimum Gasteiger partial charge on any atom is -0.316 e. The highest BCUT2D eigenvalue weighted by atomic mass is 35.5. The van der Waals surface area contributed by atoms with Crippen LogP contribution in [0.4, 0.5) is 4.39 Å². The molecule has 3 heteroatoms. The predicted octanol–water partition coefficient (Wildman–Crippen LogP) is 4.81.